The highest BCUT2D eigenvalue weighted by atomic mass is 35.5. The number of halogens is 1. The first-order chi connectivity index (χ1) is 15.1. The fourth-order valence-corrected chi connectivity index (χ4v) is 4.57. The van der Waals surface area contributed by atoms with E-state index < -0.39 is 0 Å². The average Bonchev–Trinajstić information content (AvgIpc) is 3.62. The van der Waals surface area contributed by atoms with E-state index in [0.29, 0.717) is 23.7 Å². The maximum atomic E-state index is 13.4. The Kier molecular flexibility index (Phi) is 7.29. The third-order valence-electron chi connectivity index (χ3n) is 6.29. The van der Waals surface area contributed by atoms with E-state index in [1.54, 1.807) is 12.1 Å². The predicted octanol–water partition coefficient (Wildman–Crippen LogP) is 6.08. The molecule has 4 nitrogen and oxygen atoms in total. The molecule has 2 aliphatic rings. The molecular weight excluding hydrogens is 408 g/mol. The summed E-state index contributed by atoms with van der Waals surface area (Å²) in [4.78, 5) is 30.4. The lowest BCUT2D eigenvalue weighted by Crippen LogP contribution is -2.36. The Morgan fingerprint density at radius 3 is 2.19 bits per heavy atom. The molecule has 0 spiro atoms. The van der Waals surface area contributed by atoms with Crippen molar-refractivity contribution in [1.82, 2.24) is 4.90 Å². The van der Waals surface area contributed by atoms with Gasteiger partial charge < -0.3 is 9.80 Å². The van der Waals surface area contributed by atoms with Crippen molar-refractivity contribution in [2.45, 2.75) is 57.9 Å². The van der Waals surface area contributed by atoms with Crippen LogP contribution < -0.4 is 4.90 Å². The van der Waals surface area contributed by atoms with Gasteiger partial charge in [0, 0.05) is 31.2 Å². The van der Waals surface area contributed by atoms with Crippen LogP contribution in [0.1, 0.15) is 67.3 Å². The van der Waals surface area contributed by atoms with Crippen LogP contribution in [0.3, 0.4) is 0 Å². The van der Waals surface area contributed by atoms with Gasteiger partial charge in [-0.3, -0.25) is 9.59 Å². The molecule has 1 saturated carbocycles. The Morgan fingerprint density at radius 1 is 0.806 bits per heavy atom. The van der Waals surface area contributed by atoms with Crippen LogP contribution in [0.2, 0.25) is 5.02 Å². The smallest absolute Gasteiger partial charge is 0.255 e. The highest BCUT2D eigenvalue weighted by Gasteiger charge is 2.34. The molecule has 1 fully saturated rings. The molecule has 0 bridgehead atoms. The molecule has 1 heterocycles. The van der Waals surface area contributed by atoms with Crippen molar-refractivity contribution in [3.63, 3.8) is 0 Å². The fraction of sp³-hybridized carbons (Fsp3) is 0.462. The van der Waals surface area contributed by atoms with Gasteiger partial charge in [-0.1, -0.05) is 67.6 Å². The quantitative estimate of drug-likeness (QED) is 0.570. The normalized spacial score (nSPS) is 18.4. The maximum Gasteiger partial charge on any atom is 0.255 e. The number of fused-ring (bicyclic) bond motifs is 1. The van der Waals surface area contributed by atoms with E-state index in [1.165, 1.54) is 6.42 Å². The average molecular weight is 439 g/mol. The second-order valence-corrected chi connectivity index (χ2v) is 9.13. The Hall–Kier alpha value is -2.33. The lowest BCUT2D eigenvalue weighted by molar-refractivity contribution is -0.119. The van der Waals surface area contributed by atoms with Crippen molar-refractivity contribution in [1.29, 1.82) is 0 Å². The number of benzene rings is 2. The van der Waals surface area contributed by atoms with Crippen molar-refractivity contribution in [2.75, 3.05) is 18.0 Å². The molecule has 0 radical (unpaired) electrons. The minimum Gasteiger partial charge on any atom is -0.334 e. The zero-order valence-electron chi connectivity index (χ0n) is 18.1. The van der Waals surface area contributed by atoms with Gasteiger partial charge in [-0.2, -0.15) is 0 Å². The van der Waals surface area contributed by atoms with Crippen molar-refractivity contribution in [2.24, 2.45) is 5.92 Å². The van der Waals surface area contributed by atoms with Gasteiger partial charge >= 0.3 is 0 Å². The Balaban J connectivity index is 1.66. The van der Waals surface area contributed by atoms with Crippen molar-refractivity contribution in [3.05, 3.63) is 64.7 Å². The summed E-state index contributed by atoms with van der Waals surface area (Å²) in [6, 6.07) is 15.3. The molecule has 0 aromatic heterocycles. The van der Waals surface area contributed by atoms with Gasteiger partial charge in [-0.05, 0) is 49.4 Å². The highest BCUT2D eigenvalue weighted by molar-refractivity contribution is 6.33. The number of hydrogen-bond acceptors (Lipinski definition) is 2. The minimum atomic E-state index is -0.0460. The van der Waals surface area contributed by atoms with Gasteiger partial charge in [0.2, 0.25) is 5.91 Å². The Bertz CT molecular complexity index is 925. The number of nitrogens with zero attached hydrogens (tertiary/aromatic N) is 2. The van der Waals surface area contributed by atoms with Crippen LogP contribution in [0, 0.1) is 5.92 Å². The number of hydrogen-bond donors (Lipinski definition) is 0. The Morgan fingerprint density at radius 2 is 1.45 bits per heavy atom. The lowest BCUT2D eigenvalue weighted by Gasteiger charge is -2.29. The number of anilines is 1. The number of carbonyl (C=O) groups excluding carboxylic acids is 2. The number of amides is 2. The molecule has 4 rings (SSSR count). The largest absolute Gasteiger partial charge is 0.334 e. The Labute approximate surface area is 190 Å². The van der Waals surface area contributed by atoms with Crippen LogP contribution >= 0.6 is 11.6 Å². The van der Waals surface area contributed by atoms with Crippen LogP contribution in [-0.2, 0) is 11.3 Å². The highest BCUT2D eigenvalue weighted by Crippen LogP contribution is 2.34. The van der Waals surface area contributed by atoms with E-state index in [-0.39, 0.29) is 17.7 Å². The van der Waals surface area contributed by atoms with Crippen LogP contribution in [0.25, 0.3) is 0 Å². The monoisotopic (exact) mass is 438 g/mol. The molecule has 31 heavy (non-hydrogen) atoms. The van der Waals surface area contributed by atoms with E-state index in [4.69, 9.17) is 11.6 Å². The third kappa shape index (κ3) is 5.48. The van der Waals surface area contributed by atoms with Gasteiger partial charge in [0.1, 0.15) is 0 Å². The second-order valence-electron chi connectivity index (χ2n) is 8.72. The first kappa shape index (κ1) is 21.9. The lowest BCUT2D eigenvalue weighted by atomic mass is 10.1. The molecule has 1 aliphatic heterocycles. The van der Waals surface area contributed by atoms with Gasteiger partial charge in [0.15, 0.2) is 0 Å². The molecule has 0 saturated heterocycles. The fourth-order valence-electron chi connectivity index (χ4n) is 4.35. The molecule has 0 atom stereocenters. The molecule has 0 unspecified atom stereocenters. The predicted molar refractivity (Wildman–Crippen MR) is 125 cm³/mol. The first-order valence-electron chi connectivity index (χ1n) is 11.6. The zero-order valence-corrected chi connectivity index (χ0v) is 18.8. The topological polar surface area (TPSA) is 40.6 Å². The van der Waals surface area contributed by atoms with E-state index >= 15 is 0 Å². The molecule has 164 valence electrons. The van der Waals surface area contributed by atoms with Gasteiger partial charge in [0.05, 0.1) is 10.6 Å². The summed E-state index contributed by atoms with van der Waals surface area (Å²) < 4.78 is 0. The van der Waals surface area contributed by atoms with Crippen LogP contribution in [0.5, 0.6) is 0 Å². The maximum absolute atomic E-state index is 13.4. The number of para-hydroxylation sites is 1. The molecular formula is C26H31ClN2O2. The summed E-state index contributed by atoms with van der Waals surface area (Å²) in [6.45, 7) is 1.93. The van der Waals surface area contributed by atoms with E-state index in [1.807, 2.05) is 40.1 Å². The second kappa shape index (κ2) is 10.3. The summed E-state index contributed by atoms with van der Waals surface area (Å²) in [7, 11) is 0. The van der Waals surface area contributed by atoms with Crippen LogP contribution in [0.15, 0.2) is 48.5 Å². The zero-order chi connectivity index (χ0) is 21.6. The number of carbonyl (C=O) groups is 2. The molecule has 1 aliphatic carbocycles. The van der Waals surface area contributed by atoms with E-state index in [0.717, 1.165) is 62.7 Å². The standard InChI is InChI=1S/C26H31ClN2O2/c27-23-13-7-6-12-22(23)26(31)28-17-9-3-1-2-4-10-18-29(25(30)20-15-16-20)24-14-8-5-11-21(24)19-28/h5-8,11-14,20H,1-4,9-10,15-19H2. The molecule has 2 aromatic rings. The third-order valence-corrected chi connectivity index (χ3v) is 6.62. The van der Waals surface area contributed by atoms with Crippen molar-refractivity contribution < 1.29 is 9.59 Å². The number of rotatable bonds is 2. The van der Waals surface area contributed by atoms with E-state index in [9.17, 15) is 9.59 Å². The van der Waals surface area contributed by atoms with Gasteiger partial charge in [-0.25, -0.2) is 0 Å². The van der Waals surface area contributed by atoms with E-state index in [2.05, 4.69) is 6.07 Å². The van der Waals surface area contributed by atoms with Crippen LogP contribution in [-0.4, -0.2) is 29.8 Å². The minimum absolute atomic E-state index is 0.0460. The van der Waals surface area contributed by atoms with Crippen LogP contribution in [0.4, 0.5) is 5.69 Å². The summed E-state index contributed by atoms with van der Waals surface area (Å²) in [5, 5.41) is 0.481. The molecule has 5 heteroatoms. The van der Waals surface area contributed by atoms with Crippen molar-refractivity contribution in [3.8, 4) is 0 Å². The molecule has 2 aromatic carbocycles. The molecule has 0 N–H and O–H groups in total. The van der Waals surface area contributed by atoms with Crippen molar-refractivity contribution >= 4 is 29.1 Å². The van der Waals surface area contributed by atoms with Gasteiger partial charge in [-0.15, -0.1) is 0 Å². The summed E-state index contributed by atoms with van der Waals surface area (Å²) in [5.41, 5.74) is 2.52. The summed E-state index contributed by atoms with van der Waals surface area (Å²) >= 11 is 6.35. The first-order valence-corrected chi connectivity index (χ1v) is 12.0. The molecule has 2 amide bonds. The summed E-state index contributed by atoms with van der Waals surface area (Å²) in [5.74, 6) is 0.367. The SMILES string of the molecule is O=C(c1ccccc1Cl)N1CCCCCCCCN(C(=O)C2CC2)c2ccccc2C1. The van der Waals surface area contributed by atoms with Gasteiger partial charge in [0.25, 0.3) is 5.91 Å². The summed E-state index contributed by atoms with van der Waals surface area (Å²) in [6.07, 6.45) is 8.57.